The van der Waals surface area contributed by atoms with Gasteiger partial charge in [0.05, 0.1) is 16.2 Å². The van der Waals surface area contributed by atoms with Crippen LogP contribution in [0.25, 0.3) is 6.08 Å². The maximum absolute atomic E-state index is 12.8. The van der Waals surface area contributed by atoms with Gasteiger partial charge in [0.25, 0.3) is 5.91 Å². The number of thioether (sulfide) groups is 1. The van der Waals surface area contributed by atoms with E-state index in [4.69, 9.17) is 11.6 Å². The van der Waals surface area contributed by atoms with E-state index in [1.165, 1.54) is 48.4 Å². The SMILES string of the molecule is CN1C(=O)C(=Cc2cc(Cl)ccc2O)SC1=Nc1cccc(C(F)(F)F)c1. The predicted octanol–water partition coefficient (Wildman–Crippen LogP) is 5.30. The van der Waals surface area contributed by atoms with Crippen molar-refractivity contribution in [2.24, 2.45) is 4.99 Å². The molecule has 0 saturated carbocycles. The highest BCUT2D eigenvalue weighted by Gasteiger charge is 2.32. The van der Waals surface area contributed by atoms with Crippen LogP contribution in [0, 0.1) is 0 Å². The van der Waals surface area contributed by atoms with Crippen molar-refractivity contribution in [1.82, 2.24) is 4.90 Å². The van der Waals surface area contributed by atoms with E-state index < -0.39 is 11.7 Å². The summed E-state index contributed by atoms with van der Waals surface area (Å²) in [4.78, 5) is 18.0. The van der Waals surface area contributed by atoms with Crippen molar-refractivity contribution in [2.45, 2.75) is 6.18 Å². The van der Waals surface area contributed by atoms with Crippen molar-refractivity contribution in [3.05, 3.63) is 63.5 Å². The Bertz CT molecular complexity index is 973. The zero-order valence-electron chi connectivity index (χ0n) is 13.8. The molecule has 0 aromatic heterocycles. The molecule has 1 saturated heterocycles. The van der Waals surface area contributed by atoms with Gasteiger partial charge in [-0.1, -0.05) is 17.7 Å². The number of hydrogen-bond acceptors (Lipinski definition) is 4. The van der Waals surface area contributed by atoms with Gasteiger partial charge in [-0.25, -0.2) is 4.99 Å². The van der Waals surface area contributed by atoms with Gasteiger partial charge in [-0.15, -0.1) is 0 Å². The lowest BCUT2D eigenvalue weighted by Gasteiger charge is -2.09. The molecular formula is C18H12ClF3N2O2S. The number of phenols is 1. The summed E-state index contributed by atoms with van der Waals surface area (Å²) in [6.07, 6.45) is -3.02. The average molecular weight is 413 g/mol. The van der Waals surface area contributed by atoms with Crippen molar-refractivity contribution in [3.8, 4) is 5.75 Å². The average Bonchev–Trinajstić information content (AvgIpc) is 2.86. The van der Waals surface area contributed by atoms with E-state index in [2.05, 4.69) is 4.99 Å². The molecule has 2 aromatic carbocycles. The minimum atomic E-state index is -4.48. The maximum Gasteiger partial charge on any atom is 0.416 e. The van der Waals surface area contributed by atoms with Gasteiger partial charge in [0, 0.05) is 17.6 Å². The van der Waals surface area contributed by atoms with Crippen LogP contribution in [0.5, 0.6) is 5.75 Å². The normalized spacial score (nSPS) is 18.0. The van der Waals surface area contributed by atoms with Crippen LogP contribution < -0.4 is 0 Å². The topological polar surface area (TPSA) is 52.9 Å². The van der Waals surface area contributed by atoms with Crippen LogP contribution in [0.4, 0.5) is 18.9 Å². The van der Waals surface area contributed by atoms with Gasteiger partial charge in [0.1, 0.15) is 5.75 Å². The number of alkyl halides is 3. The maximum atomic E-state index is 12.8. The fourth-order valence-corrected chi connectivity index (χ4v) is 3.45. The molecule has 1 N–H and O–H groups in total. The number of aliphatic imine (C=N–C) groups is 1. The number of carbonyl (C=O) groups excluding carboxylic acids is 1. The molecule has 2 aromatic rings. The van der Waals surface area contributed by atoms with E-state index in [1.54, 1.807) is 0 Å². The molecule has 0 atom stereocenters. The highest BCUT2D eigenvalue weighted by atomic mass is 35.5. The fraction of sp³-hybridized carbons (Fsp3) is 0.111. The molecule has 0 radical (unpaired) electrons. The third-order valence-corrected chi connectivity index (χ3v) is 4.97. The summed E-state index contributed by atoms with van der Waals surface area (Å²) < 4.78 is 38.5. The number of likely N-dealkylation sites (N-methyl/N-ethyl adjacent to an activating group) is 1. The fourth-order valence-electron chi connectivity index (χ4n) is 2.30. The zero-order valence-corrected chi connectivity index (χ0v) is 15.4. The number of amidine groups is 1. The Morgan fingerprint density at radius 3 is 2.67 bits per heavy atom. The van der Waals surface area contributed by atoms with Gasteiger partial charge in [-0.05, 0) is 54.2 Å². The second-order valence-electron chi connectivity index (χ2n) is 5.62. The molecule has 1 aliphatic heterocycles. The summed E-state index contributed by atoms with van der Waals surface area (Å²) in [6, 6.07) is 8.95. The van der Waals surface area contributed by atoms with Gasteiger partial charge in [-0.3, -0.25) is 9.69 Å². The summed E-state index contributed by atoms with van der Waals surface area (Å²) in [6.45, 7) is 0. The molecule has 0 bridgehead atoms. The third-order valence-electron chi connectivity index (χ3n) is 3.68. The van der Waals surface area contributed by atoms with Crippen molar-refractivity contribution in [2.75, 3.05) is 7.05 Å². The van der Waals surface area contributed by atoms with Crippen molar-refractivity contribution >= 4 is 46.2 Å². The summed E-state index contributed by atoms with van der Waals surface area (Å²) in [5.41, 5.74) is -0.383. The first-order chi connectivity index (χ1) is 12.6. The standard InChI is InChI=1S/C18H12ClF3N2O2S/c1-24-16(26)15(8-10-7-12(19)5-6-14(10)25)27-17(24)23-13-4-2-3-11(9-13)18(20,21)22/h2-9,25H,1H3. The lowest BCUT2D eigenvalue weighted by Crippen LogP contribution is -2.23. The molecule has 27 heavy (non-hydrogen) atoms. The molecule has 1 amide bonds. The number of amides is 1. The highest BCUT2D eigenvalue weighted by molar-refractivity contribution is 8.18. The van der Waals surface area contributed by atoms with Crippen LogP contribution in [0.2, 0.25) is 5.02 Å². The first-order valence-electron chi connectivity index (χ1n) is 7.57. The van der Waals surface area contributed by atoms with Gasteiger partial charge in [0.2, 0.25) is 0 Å². The largest absolute Gasteiger partial charge is 0.507 e. The summed E-state index contributed by atoms with van der Waals surface area (Å²) in [5.74, 6) is -0.434. The van der Waals surface area contributed by atoms with Gasteiger partial charge in [-0.2, -0.15) is 13.2 Å². The molecule has 3 rings (SSSR count). The lowest BCUT2D eigenvalue weighted by molar-refractivity contribution is -0.137. The summed E-state index contributed by atoms with van der Waals surface area (Å²) in [5, 5.41) is 10.5. The third kappa shape index (κ3) is 4.28. The summed E-state index contributed by atoms with van der Waals surface area (Å²) in [7, 11) is 1.47. The van der Waals surface area contributed by atoms with E-state index >= 15 is 0 Å². The minimum absolute atomic E-state index is 0.0498. The molecule has 140 valence electrons. The second kappa shape index (κ2) is 7.28. The molecule has 0 spiro atoms. The number of nitrogens with zero attached hydrogens (tertiary/aromatic N) is 2. The molecule has 4 nitrogen and oxygen atoms in total. The molecule has 1 aliphatic rings. The van der Waals surface area contributed by atoms with Crippen LogP contribution in [0.3, 0.4) is 0 Å². The first kappa shape index (κ1) is 19.3. The Morgan fingerprint density at radius 1 is 1.22 bits per heavy atom. The highest BCUT2D eigenvalue weighted by Crippen LogP contribution is 2.36. The van der Waals surface area contributed by atoms with Crippen LogP contribution in [0.1, 0.15) is 11.1 Å². The Balaban J connectivity index is 1.93. The lowest BCUT2D eigenvalue weighted by atomic mass is 10.2. The first-order valence-corrected chi connectivity index (χ1v) is 8.76. The van der Waals surface area contributed by atoms with Crippen molar-refractivity contribution in [1.29, 1.82) is 0 Å². The monoisotopic (exact) mass is 412 g/mol. The van der Waals surface area contributed by atoms with Crippen LogP contribution in [-0.4, -0.2) is 28.1 Å². The molecule has 9 heteroatoms. The Hall–Kier alpha value is -2.45. The number of rotatable bonds is 2. The summed E-state index contributed by atoms with van der Waals surface area (Å²) >= 11 is 6.89. The molecular weight excluding hydrogens is 401 g/mol. The minimum Gasteiger partial charge on any atom is -0.507 e. The number of carbonyl (C=O) groups is 1. The zero-order chi connectivity index (χ0) is 19.8. The number of halogens is 4. The van der Waals surface area contributed by atoms with E-state index in [0.29, 0.717) is 10.6 Å². The van der Waals surface area contributed by atoms with Gasteiger partial charge < -0.3 is 5.11 Å². The molecule has 1 heterocycles. The van der Waals surface area contributed by atoms with Crippen LogP contribution >= 0.6 is 23.4 Å². The Labute approximate surface area is 162 Å². The van der Waals surface area contributed by atoms with E-state index in [-0.39, 0.29) is 27.4 Å². The number of benzene rings is 2. The van der Waals surface area contributed by atoms with Gasteiger partial charge in [0.15, 0.2) is 5.17 Å². The quantitative estimate of drug-likeness (QED) is 0.681. The van der Waals surface area contributed by atoms with Crippen molar-refractivity contribution < 1.29 is 23.1 Å². The number of aromatic hydroxyl groups is 1. The van der Waals surface area contributed by atoms with E-state index in [0.717, 1.165) is 23.9 Å². The van der Waals surface area contributed by atoms with Crippen LogP contribution in [-0.2, 0) is 11.0 Å². The Morgan fingerprint density at radius 2 is 1.96 bits per heavy atom. The second-order valence-corrected chi connectivity index (χ2v) is 7.07. The Kier molecular flexibility index (Phi) is 5.21. The van der Waals surface area contributed by atoms with E-state index in [9.17, 15) is 23.1 Å². The molecule has 1 fully saturated rings. The number of phenolic OH excluding ortho intramolecular Hbond substituents is 1. The van der Waals surface area contributed by atoms with Gasteiger partial charge >= 0.3 is 6.18 Å². The van der Waals surface area contributed by atoms with Crippen LogP contribution in [0.15, 0.2) is 52.4 Å². The predicted molar refractivity (Wildman–Crippen MR) is 100.0 cm³/mol. The smallest absolute Gasteiger partial charge is 0.416 e. The van der Waals surface area contributed by atoms with E-state index in [1.807, 2.05) is 0 Å². The molecule has 0 aliphatic carbocycles. The van der Waals surface area contributed by atoms with Crippen molar-refractivity contribution in [3.63, 3.8) is 0 Å². The molecule has 0 unspecified atom stereocenters. The number of hydrogen-bond donors (Lipinski definition) is 1.